The Kier molecular flexibility index (Phi) is 3.91. The van der Waals surface area contributed by atoms with E-state index in [0.29, 0.717) is 0 Å². The van der Waals surface area contributed by atoms with Crippen LogP contribution in [0.1, 0.15) is 39.9 Å². The van der Waals surface area contributed by atoms with Gasteiger partial charge in [0.2, 0.25) is 0 Å². The smallest absolute Gasteiger partial charge is 0.109 e. The summed E-state index contributed by atoms with van der Waals surface area (Å²) in [6.07, 6.45) is 5.33. The summed E-state index contributed by atoms with van der Waals surface area (Å²) in [6.45, 7) is 9.27. The normalized spacial score (nSPS) is 14.2. The zero-order valence-electron chi connectivity index (χ0n) is 10.2. The van der Waals surface area contributed by atoms with Gasteiger partial charge in [-0.2, -0.15) is 0 Å². The first-order valence-electron chi connectivity index (χ1n) is 5.62. The molecular weight excluding hydrogens is 188 g/mol. The van der Waals surface area contributed by atoms with E-state index in [0.717, 1.165) is 25.2 Å². The minimum Gasteiger partial charge on any atom is -0.393 e. The molecule has 0 saturated carbocycles. The van der Waals surface area contributed by atoms with E-state index in [1.165, 1.54) is 0 Å². The molecule has 0 spiro atoms. The third-order valence-electron chi connectivity index (χ3n) is 2.63. The highest BCUT2D eigenvalue weighted by molar-refractivity contribution is 4.96. The van der Waals surface area contributed by atoms with E-state index in [2.05, 4.69) is 30.3 Å². The molecule has 15 heavy (non-hydrogen) atoms. The molecule has 0 saturated heterocycles. The van der Waals surface area contributed by atoms with Crippen LogP contribution in [0.15, 0.2) is 12.4 Å². The Hall–Kier alpha value is -0.830. The van der Waals surface area contributed by atoms with E-state index in [-0.39, 0.29) is 11.5 Å². The van der Waals surface area contributed by atoms with Crippen LogP contribution in [0.25, 0.3) is 0 Å². The molecule has 0 aliphatic rings. The van der Waals surface area contributed by atoms with E-state index in [1.807, 2.05) is 19.3 Å². The van der Waals surface area contributed by atoms with E-state index >= 15 is 0 Å². The summed E-state index contributed by atoms with van der Waals surface area (Å²) in [4.78, 5) is 4.36. The third kappa shape index (κ3) is 3.67. The largest absolute Gasteiger partial charge is 0.393 e. The Labute approximate surface area is 92.1 Å². The molecule has 1 aromatic rings. The van der Waals surface area contributed by atoms with Crippen LogP contribution in [0, 0.1) is 5.41 Å². The van der Waals surface area contributed by atoms with Crippen molar-refractivity contribution < 1.29 is 5.11 Å². The number of aryl methyl sites for hydroxylation is 1. The fourth-order valence-corrected chi connectivity index (χ4v) is 2.10. The van der Waals surface area contributed by atoms with Crippen LogP contribution in [0.2, 0.25) is 0 Å². The number of nitrogens with zero attached hydrogens (tertiary/aromatic N) is 2. The van der Waals surface area contributed by atoms with Gasteiger partial charge in [-0.25, -0.2) is 4.98 Å². The second kappa shape index (κ2) is 4.79. The van der Waals surface area contributed by atoms with Crippen molar-refractivity contribution in [2.24, 2.45) is 5.41 Å². The van der Waals surface area contributed by atoms with Crippen LogP contribution in [-0.4, -0.2) is 20.8 Å². The van der Waals surface area contributed by atoms with Crippen molar-refractivity contribution in [3.63, 3.8) is 0 Å². The molecule has 1 N–H and O–H groups in total. The van der Waals surface area contributed by atoms with Crippen molar-refractivity contribution in [3.05, 3.63) is 18.2 Å². The molecule has 0 bridgehead atoms. The zero-order valence-corrected chi connectivity index (χ0v) is 10.2. The number of hydrogen-bond donors (Lipinski definition) is 1. The standard InChI is InChI=1S/C12H22N2O/c1-5-14-7-6-13-11(14)9-12(3,4)8-10(2)15/h6-7,10,15H,5,8-9H2,1-4H3. The van der Waals surface area contributed by atoms with Crippen LogP contribution in [-0.2, 0) is 13.0 Å². The molecule has 0 radical (unpaired) electrons. The SMILES string of the molecule is CCn1ccnc1CC(C)(C)CC(C)O. The minimum absolute atomic E-state index is 0.104. The molecule has 0 aromatic carbocycles. The Morgan fingerprint density at radius 3 is 2.73 bits per heavy atom. The first kappa shape index (κ1) is 12.2. The van der Waals surface area contributed by atoms with Crippen molar-refractivity contribution in [2.45, 2.75) is 53.2 Å². The number of aromatic nitrogens is 2. The molecule has 1 rings (SSSR count). The Morgan fingerprint density at radius 1 is 1.53 bits per heavy atom. The van der Waals surface area contributed by atoms with Gasteiger partial charge in [-0.15, -0.1) is 0 Å². The maximum atomic E-state index is 9.42. The number of hydrogen-bond acceptors (Lipinski definition) is 2. The molecule has 0 aliphatic carbocycles. The Bertz CT molecular complexity index is 302. The predicted molar refractivity (Wildman–Crippen MR) is 61.7 cm³/mol. The average molecular weight is 210 g/mol. The molecular formula is C12H22N2O. The molecule has 1 atom stereocenters. The van der Waals surface area contributed by atoms with Gasteiger partial charge < -0.3 is 9.67 Å². The van der Waals surface area contributed by atoms with Gasteiger partial charge in [-0.3, -0.25) is 0 Å². The summed E-state index contributed by atoms with van der Waals surface area (Å²) >= 11 is 0. The lowest BCUT2D eigenvalue weighted by Gasteiger charge is -2.25. The highest BCUT2D eigenvalue weighted by Crippen LogP contribution is 2.26. The van der Waals surface area contributed by atoms with Gasteiger partial charge in [0.1, 0.15) is 5.82 Å². The topological polar surface area (TPSA) is 38.0 Å². The zero-order chi connectivity index (χ0) is 11.5. The van der Waals surface area contributed by atoms with Gasteiger partial charge in [-0.1, -0.05) is 13.8 Å². The van der Waals surface area contributed by atoms with Crippen LogP contribution in [0.4, 0.5) is 0 Å². The Morgan fingerprint density at radius 2 is 2.20 bits per heavy atom. The fraction of sp³-hybridized carbons (Fsp3) is 0.750. The summed E-state index contributed by atoms with van der Waals surface area (Å²) < 4.78 is 2.16. The molecule has 3 nitrogen and oxygen atoms in total. The highest BCUT2D eigenvalue weighted by Gasteiger charge is 2.22. The number of aliphatic hydroxyl groups is 1. The van der Waals surface area contributed by atoms with E-state index < -0.39 is 0 Å². The first-order chi connectivity index (χ1) is 6.94. The van der Waals surface area contributed by atoms with Crippen LogP contribution in [0.5, 0.6) is 0 Å². The van der Waals surface area contributed by atoms with Gasteiger partial charge in [0, 0.05) is 25.4 Å². The fourth-order valence-electron chi connectivity index (χ4n) is 2.10. The lowest BCUT2D eigenvalue weighted by molar-refractivity contribution is 0.128. The number of imidazole rings is 1. The summed E-state index contributed by atoms with van der Waals surface area (Å²) in [6, 6.07) is 0. The number of rotatable bonds is 5. The summed E-state index contributed by atoms with van der Waals surface area (Å²) in [7, 11) is 0. The van der Waals surface area contributed by atoms with Crippen molar-refractivity contribution in [3.8, 4) is 0 Å². The van der Waals surface area contributed by atoms with Crippen LogP contribution < -0.4 is 0 Å². The molecule has 3 heteroatoms. The molecule has 86 valence electrons. The van der Waals surface area contributed by atoms with E-state index in [4.69, 9.17) is 0 Å². The lowest BCUT2D eigenvalue weighted by Crippen LogP contribution is -2.23. The van der Waals surface area contributed by atoms with Crippen molar-refractivity contribution in [1.29, 1.82) is 0 Å². The lowest BCUT2D eigenvalue weighted by atomic mass is 9.83. The summed E-state index contributed by atoms with van der Waals surface area (Å²) in [5.74, 6) is 1.11. The maximum absolute atomic E-state index is 9.42. The van der Waals surface area contributed by atoms with Gasteiger partial charge >= 0.3 is 0 Å². The molecule has 0 aliphatic heterocycles. The maximum Gasteiger partial charge on any atom is 0.109 e. The molecule has 1 aromatic heterocycles. The van der Waals surface area contributed by atoms with E-state index in [9.17, 15) is 5.11 Å². The van der Waals surface area contributed by atoms with Crippen LogP contribution in [0.3, 0.4) is 0 Å². The van der Waals surface area contributed by atoms with Gasteiger partial charge in [0.15, 0.2) is 0 Å². The second-order valence-electron chi connectivity index (χ2n) is 5.02. The molecule has 1 heterocycles. The Balaban J connectivity index is 2.68. The van der Waals surface area contributed by atoms with Crippen molar-refractivity contribution >= 4 is 0 Å². The van der Waals surface area contributed by atoms with Gasteiger partial charge in [0.05, 0.1) is 6.10 Å². The number of aliphatic hydroxyl groups excluding tert-OH is 1. The van der Waals surface area contributed by atoms with Crippen molar-refractivity contribution in [1.82, 2.24) is 9.55 Å². The van der Waals surface area contributed by atoms with Crippen LogP contribution >= 0.6 is 0 Å². The third-order valence-corrected chi connectivity index (χ3v) is 2.63. The quantitative estimate of drug-likeness (QED) is 0.809. The summed E-state index contributed by atoms with van der Waals surface area (Å²) in [5.41, 5.74) is 0.104. The monoisotopic (exact) mass is 210 g/mol. The molecule has 1 unspecified atom stereocenters. The first-order valence-corrected chi connectivity index (χ1v) is 5.62. The predicted octanol–water partition coefficient (Wildman–Crippen LogP) is 2.24. The van der Waals surface area contributed by atoms with Gasteiger partial charge in [0.25, 0.3) is 0 Å². The van der Waals surface area contributed by atoms with Gasteiger partial charge in [-0.05, 0) is 25.7 Å². The van der Waals surface area contributed by atoms with E-state index in [1.54, 1.807) is 0 Å². The molecule has 0 amide bonds. The van der Waals surface area contributed by atoms with Crippen molar-refractivity contribution in [2.75, 3.05) is 0 Å². The minimum atomic E-state index is -0.245. The molecule has 0 fully saturated rings. The average Bonchev–Trinajstić information content (AvgIpc) is 2.48. The highest BCUT2D eigenvalue weighted by atomic mass is 16.3. The summed E-state index contributed by atoms with van der Waals surface area (Å²) in [5, 5.41) is 9.42. The second-order valence-corrected chi connectivity index (χ2v) is 5.02.